The predicted molar refractivity (Wildman–Crippen MR) is 102 cm³/mol. The van der Waals surface area contributed by atoms with Gasteiger partial charge in [0, 0.05) is 18.8 Å². The number of halogens is 3. The van der Waals surface area contributed by atoms with Crippen LogP contribution in [0.5, 0.6) is 0 Å². The van der Waals surface area contributed by atoms with Crippen LogP contribution in [-0.2, 0) is 24.1 Å². The fourth-order valence-electron chi connectivity index (χ4n) is 2.60. The summed E-state index contributed by atoms with van der Waals surface area (Å²) in [6.45, 7) is 1.51. The number of nitrogens with one attached hydrogen (secondary N) is 1. The first kappa shape index (κ1) is 21.0. The van der Waals surface area contributed by atoms with Crippen molar-refractivity contribution in [3.8, 4) is 0 Å². The minimum absolute atomic E-state index is 0.0888. The van der Waals surface area contributed by atoms with E-state index in [0.717, 1.165) is 16.8 Å². The molecular formula is C20H17F3N4O3. The molecule has 0 fully saturated rings. The third-order valence-corrected chi connectivity index (χ3v) is 4.05. The quantitative estimate of drug-likeness (QED) is 0.614. The van der Waals surface area contributed by atoms with Crippen molar-refractivity contribution in [2.24, 2.45) is 0 Å². The predicted octanol–water partition coefficient (Wildman–Crippen LogP) is 3.78. The molecule has 0 bridgehead atoms. The maximum Gasteiger partial charge on any atom is 0.416 e. The van der Waals surface area contributed by atoms with Gasteiger partial charge in [-0.3, -0.25) is 9.78 Å². The lowest BCUT2D eigenvalue weighted by Gasteiger charge is -2.11. The summed E-state index contributed by atoms with van der Waals surface area (Å²) in [5.41, 5.74) is -0.643. The fourth-order valence-corrected chi connectivity index (χ4v) is 2.60. The molecule has 0 saturated carbocycles. The first-order valence-corrected chi connectivity index (χ1v) is 8.90. The maximum atomic E-state index is 12.8. The Kier molecular flexibility index (Phi) is 6.14. The number of carbonyl (C=O) groups is 1. The van der Waals surface area contributed by atoms with Crippen LogP contribution in [-0.4, -0.2) is 20.7 Å². The van der Waals surface area contributed by atoms with E-state index in [9.17, 15) is 22.8 Å². The lowest BCUT2D eigenvalue weighted by atomic mass is 10.1. The van der Waals surface area contributed by atoms with Gasteiger partial charge in [0.1, 0.15) is 12.3 Å². The molecule has 0 radical (unpaired) electrons. The Morgan fingerprint density at radius 3 is 2.67 bits per heavy atom. The molecule has 0 saturated heterocycles. The highest BCUT2D eigenvalue weighted by molar-refractivity contribution is 5.88. The monoisotopic (exact) mass is 418 g/mol. The Morgan fingerprint density at radius 2 is 2.00 bits per heavy atom. The lowest BCUT2D eigenvalue weighted by Crippen LogP contribution is -2.27. The molecule has 1 aromatic carbocycles. The van der Waals surface area contributed by atoms with Crippen molar-refractivity contribution >= 4 is 17.3 Å². The molecule has 0 aliphatic carbocycles. The van der Waals surface area contributed by atoms with E-state index in [2.05, 4.69) is 15.4 Å². The number of pyridine rings is 1. The van der Waals surface area contributed by atoms with E-state index in [1.54, 1.807) is 25.3 Å². The summed E-state index contributed by atoms with van der Waals surface area (Å²) in [5, 5.41) is 6.83. The molecule has 3 aromatic rings. The van der Waals surface area contributed by atoms with Crippen LogP contribution in [0.15, 0.2) is 59.7 Å². The second kappa shape index (κ2) is 8.76. The van der Waals surface area contributed by atoms with Crippen molar-refractivity contribution in [2.75, 3.05) is 5.32 Å². The largest absolute Gasteiger partial charge is 0.456 e. The van der Waals surface area contributed by atoms with Crippen LogP contribution < -0.4 is 10.9 Å². The minimum Gasteiger partial charge on any atom is -0.456 e. The average molecular weight is 418 g/mol. The number of aryl methyl sites for hydroxylation is 1. The number of nitrogens with zero attached hydrogens (tertiary/aromatic N) is 3. The summed E-state index contributed by atoms with van der Waals surface area (Å²) in [6.07, 6.45) is -1.43. The topological polar surface area (TPSA) is 86.1 Å². The van der Waals surface area contributed by atoms with Crippen molar-refractivity contribution in [3.63, 3.8) is 0 Å². The van der Waals surface area contributed by atoms with Crippen molar-refractivity contribution in [2.45, 2.75) is 26.3 Å². The molecule has 1 N–H and O–H groups in total. The number of rotatable bonds is 6. The molecule has 7 nitrogen and oxygen atoms in total. The molecule has 0 spiro atoms. The number of ether oxygens (including phenoxy) is 1. The van der Waals surface area contributed by atoms with Gasteiger partial charge in [-0.25, -0.2) is 9.48 Å². The third kappa shape index (κ3) is 5.02. The van der Waals surface area contributed by atoms with Crippen LogP contribution >= 0.6 is 0 Å². The molecule has 0 amide bonds. The second-order valence-electron chi connectivity index (χ2n) is 6.21. The van der Waals surface area contributed by atoms with Crippen molar-refractivity contribution in [1.29, 1.82) is 0 Å². The number of esters is 1. The van der Waals surface area contributed by atoms with E-state index in [1.165, 1.54) is 24.4 Å². The molecule has 0 aliphatic heterocycles. The summed E-state index contributed by atoms with van der Waals surface area (Å²) >= 11 is 0. The van der Waals surface area contributed by atoms with Gasteiger partial charge >= 0.3 is 12.1 Å². The average Bonchev–Trinajstić information content (AvgIpc) is 2.74. The SMILES string of the molecule is CCn1nc(C(=O)OCc2cccc(C(F)(F)F)c2)cc(Nc2cccnc2)c1=O. The highest BCUT2D eigenvalue weighted by atomic mass is 19.4. The summed E-state index contributed by atoms with van der Waals surface area (Å²) in [4.78, 5) is 28.8. The fraction of sp³-hybridized carbons (Fsp3) is 0.200. The van der Waals surface area contributed by atoms with E-state index < -0.39 is 23.3 Å². The van der Waals surface area contributed by atoms with E-state index in [4.69, 9.17) is 4.74 Å². The summed E-state index contributed by atoms with van der Waals surface area (Å²) < 4.78 is 44.6. The van der Waals surface area contributed by atoms with E-state index >= 15 is 0 Å². The van der Waals surface area contributed by atoms with Crippen LogP contribution in [0.2, 0.25) is 0 Å². The zero-order valence-corrected chi connectivity index (χ0v) is 15.8. The second-order valence-corrected chi connectivity index (χ2v) is 6.21. The van der Waals surface area contributed by atoms with Gasteiger partial charge in [0.15, 0.2) is 5.69 Å². The number of carbonyl (C=O) groups excluding carboxylic acids is 1. The summed E-state index contributed by atoms with van der Waals surface area (Å²) in [6, 6.07) is 9.08. The molecule has 2 aromatic heterocycles. The van der Waals surface area contributed by atoms with Gasteiger partial charge in [0.2, 0.25) is 0 Å². The Labute approximate surface area is 169 Å². The van der Waals surface area contributed by atoms with Gasteiger partial charge in [-0.1, -0.05) is 12.1 Å². The van der Waals surface area contributed by atoms with Crippen LogP contribution in [0.4, 0.5) is 24.5 Å². The van der Waals surface area contributed by atoms with Gasteiger partial charge in [0.05, 0.1) is 17.4 Å². The Hall–Kier alpha value is -3.69. The standard InChI is InChI=1S/C20H17F3N4O3/c1-2-27-18(28)16(25-15-7-4-8-24-11-15)10-17(26-27)19(29)30-12-13-5-3-6-14(9-13)20(21,22)23/h3-11,25H,2,12H2,1H3. The van der Waals surface area contributed by atoms with Crippen molar-refractivity contribution in [3.05, 3.63) is 82.0 Å². The third-order valence-electron chi connectivity index (χ3n) is 4.05. The van der Waals surface area contributed by atoms with Gasteiger partial charge in [-0.05, 0) is 36.8 Å². The molecule has 0 aliphatic rings. The first-order chi connectivity index (χ1) is 14.3. The van der Waals surface area contributed by atoms with Crippen LogP contribution in [0.25, 0.3) is 0 Å². The number of anilines is 2. The highest BCUT2D eigenvalue weighted by Gasteiger charge is 2.30. The van der Waals surface area contributed by atoms with E-state index in [-0.39, 0.29) is 30.1 Å². The van der Waals surface area contributed by atoms with Crippen molar-refractivity contribution < 1.29 is 22.7 Å². The van der Waals surface area contributed by atoms with Gasteiger partial charge in [0.25, 0.3) is 5.56 Å². The zero-order valence-electron chi connectivity index (χ0n) is 15.8. The summed E-state index contributed by atoms with van der Waals surface area (Å²) in [7, 11) is 0. The maximum absolute atomic E-state index is 12.8. The molecule has 156 valence electrons. The van der Waals surface area contributed by atoms with Gasteiger partial charge < -0.3 is 10.1 Å². The number of benzene rings is 1. The highest BCUT2D eigenvalue weighted by Crippen LogP contribution is 2.29. The van der Waals surface area contributed by atoms with Crippen LogP contribution in [0.1, 0.15) is 28.5 Å². The van der Waals surface area contributed by atoms with Gasteiger partial charge in [-0.15, -0.1) is 0 Å². The molecule has 0 atom stereocenters. The minimum atomic E-state index is -4.49. The lowest BCUT2D eigenvalue weighted by molar-refractivity contribution is -0.137. The first-order valence-electron chi connectivity index (χ1n) is 8.90. The van der Waals surface area contributed by atoms with E-state index in [1.807, 2.05) is 0 Å². The van der Waals surface area contributed by atoms with E-state index in [0.29, 0.717) is 5.69 Å². The van der Waals surface area contributed by atoms with Crippen LogP contribution in [0.3, 0.4) is 0 Å². The molecule has 0 unspecified atom stereocenters. The number of hydrogen-bond acceptors (Lipinski definition) is 6. The molecule has 2 heterocycles. The van der Waals surface area contributed by atoms with Crippen molar-refractivity contribution in [1.82, 2.24) is 14.8 Å². The molecule has 10 heteroatoms. The summed E-state index contributed by atoms with van der Waals surface area (Å²) in [5.74, 6) is -0.871. The molecule has 30 heavy (non-hydrogen) atoms. The number of aromatic nitrogens is 3. The number of hydrogen-bond donors (Lipinski definition) is 1. The Morgan fingerprint density at radius 1 is 1.20 bits per heavy atom. The van der Waals surface area contributed by atoms with Crippen LogP contribution in [0, 0.1) is 0 Å². The smallest absolute Gasteiger partial charge is 0.416 e. The Bertz CT molecular complexity index is 1100. The number of alkyl halides is 3. The van der Waals surface area contributed by atoms with Gasteiger partial charge in [-0.2, -0.15) is 18.3 Å². The Balaban J connectivity index is 1.80. The molecular weight excluding hydrogens is 401 g/mol. The molecule has 3 rings (SSSR count). The normalized spacial score (nSPS) is 11.2. The zero-order chi connectivity index (χ0) is 21.7.